The zero-order valence-corrected chi connectivity index (χ0v) is 12.2. The Morgan fingerprint density at radius 2 is 2.00 bits per heavy atom. The van der Waals surface area contributed by atoms with E-state index in [4.69, 9.17) is 5.73 Å². The normalized spacial score (nSPS) is 13.3. The number of para-hydroxylation sites is 1. The monoisotopic (exact) mass is 296 g/mol. The number of thiophene rings is 1. The van der Waals surface area contributed by atoms with Crippen LogP contribution in [0.3, 0.4) is 0 Å². The summed E-state index contributed by atoms with van der Waals surface area (Å²) in [5.74, 6) is 0. The number of nitrogens with two attached hydrogens (primary N) is 1. The lowest BCUT2D eigenvalue weighted by molar-refractivity contribution is 0.553. The molecule has 1 heterocycles. The van der Waals surface area contributed by atoms with Crippen molar-refractivity contribution >= 4 is 27.0 Å². The van der Waals surface area contributed by atoms with Gasteiger partial charge in [-0.05, 0) is 30.0 Å². The molecule has 0 radical (unpaired) electrons. The molecule has 102 valence electrons. The van der Waals surface area contributed by atoms with Gasteiger partial charge in [-0.2, -0.15) is 0 Å². The summed E-state index contributed by atoms with van der Waals surface area (Å²) in [6, 6.07) is 10.1. The Kier molecular flexibility index (Phi) is 4.24. The zero-order valence-electron chi connectivity index (χ0n) is 10.5. The largest absolute Gasteiger partial charge is 0.398 e. The lowest BCUT2D eigenvalue weighted by atomic mass is 10.2. The van der Waals surface area contributed by atoms with E-state index >= 15 is 0 Å². The zero-order chi connectivity index (χ0) is 13.9. The molecule has 6 heteroatoms. The van der Waals surface area contributed by atoms with Crippen molar-refractivity contribution in [1.82, 2.24) is 4.72 Å². The second-order valence-electron chi connectivity index (χ2n) is 4.14. The lowest BCUT2D eigenvalue weighted by Gasteiger charge is -2.16. The molecule has 0 aliphatic heterocycles. The average Bonchev–Trinajstić information content (AvgIpc) is 2.90. The van der Waals surface area contributed by atoms with Crippen LogP contribution < -0.4 is 10.5 Å². The molecule has 19 heavy (non-hydrogen) atoms. The number of anilines is 1. The van der Waals surface area contributed by atoms with Crippen LogP contribution in [0.5, 0.6) is 0 Å². The summed E-state index contributed by atoms with van der Waals surface area (Å²) in [5, 5.41) is 1.93. The van der Waals surface area contributed by atoms with E-state index in [1.807, 2.05) is 24.4 Å². The SMILES string of the molecule is CCC(NS(=O)(=O)c1ccccc1N)c1cccs1. The summed E-state index contributed by atoms with van der Waals surface area (Å²) < 4.78 is 27.4. The second-order valence-corrected chi connectivity index (χ2v) is 6.80. The van der Waals surface area contributed by atoms with Gasteiger partial charge in [0, 0.05) is 4.88 Å². The molecule has 0 fully saturated rings. The van der Waals surface area contributed by atoms with E-state index < -0.39 is 10.0 Å². The molecule has 2 rings (SSSR count). The molecule has 3 N–H and O–H groups in total. The van der Waals surface area contributed by atoms with Gasteiger partial charge in [-0.1, -0.05) is 25.1 Å². The van der Waals surface area contributed by atoms with Crippen LogP contribution in [0.25, 0.3) is 0 Å². The van der Waals surface area contributed by atoms with E-state index in [0.29, 0.717) is 6.42 Å². The minimum Gasteiger partial charge on any atom is -0.398 e. The first-order chi connectivity index (χ1) is 9.04. The summed E-state index contributed by atoms with van der Waals surface area (Å²) in [4.78, 5) is 1.13. The number of rotatable bonds is 5. The minimum absolute atomic E-state index is 0.130. The first-order valence-corrected chi connectivity index (χ1v) is 8.31. The number of benzene rings is 1. The Labute approximate surface area is 117 Å². The molecular weight excluding hydrogens is 280 g/mol. The Balaban J connectivity index is 2.29. The summed E-state index contributed by atoms with van der Waals surface area (Å²) >= 11 is 1.54. The molecule has 0 bridgehead atoms. The first-order valence-electron chi connectivity index (χ1n) is 5.95. The molecule has 0 aliphatic rings. The maximum Gasteiger partial charge on any atom is 0.243 e. The highest BCUT2D eigenvalue weighted by atomic mass is 32.2. The summed E-state index contributed by atoms with van der Waals surface area (Å²) in [6.45, 7) is 1.95. The van der Waals surface area contributed by atoms with Crippen molar-refractivity contribution in [2.45, 2.75) is 24.3 Å². The van der Waals surface area contributed by atoms with Gasteiger partial charge in [-0.25, -0.2) is 13.1 Å². The standard InChI is InChI=1S/C13H16N2O2S2/c1-2-11(12-7-5-9-18-12)15-19(16,17)13-8-4-3-6-10(13)14/h3-9,11,15H,2,14H2,1H3. The van der Waals surface area contributed by atoms with Crippen molar-refractivity contribution in [1.29, 1.82) is 0 Å². The fourth-order valence-electron chi connectivity index (χ4n) is 1.81. The number of hydrogen-bond donors (Lipinski definition) is 2. The van der Waals surface area contributed by atoms with E-state index in [0.717, 1.165) is 4.88 Å². The minimum atomic E-state index is -3.60. The van der Waals surface area contributed by atoms with Crippen LogP contribution in [-0.2, 0) is 10.0 Å². The molecular formula is C13H16N2O2S2. The molecule has 4 nitrogen and oxygen atoms in total. The fraction of sp³-hybridized carbons (Fsp3) is 0.231. The van der Waals surface area contributed by atoms with Crippen LogP contribution in [0.15, 0.2) is 46.7 Å². The topological polar surface area (TPSA) is 72.2 Å². The van der Waals surface area contributed by atoms with Gasteiger partial charge in [0.1, 0.15) is 4.90 Å². The summed E-state index contributed by atoms with van der Waals surface area (Å²) in [6.07, 6.45) is 0.687. The molecule has 0 spiro atoms. The Bertz CT molecular complexity index is 636. The highest BCUT2D eigenvalue weighted by Crippen LogP contribution is 2.25. The third-order valence-corrected chi connectivity index (χ3v) is 5.33. The maximum atomic E-state index is 12.3. The number of nitrogens with one attached hydrogen (secondary N) is 1. The van der Waals surface area contributed by atoms with Gasteiger partial charge in [0.25, 0.3) is 0 Å². The smallest absolute Gasteiger partial charge is 0.243 e. The second kappa shape index (κ2) is 5.73. The average molecular weight is 296 g/mol. The van der Waals surface area contributed by atoms with E-state index in [2.05, 4.69) is 4.72 Å². The maximum absolute atomic E-state index is 12.3. The molecule has 0 amide bonds. The highest BCUT2D eigenvalue weighted by molar-refractivity contribution is 7.89. The first kappa shape index (κ1) is 14.0. The van der Waals surface area contributed by atoms with Gasteiger partial charge in [0.15, 0.2) is 0 Å². The lowest BCUT2D eigenvalue weighted by Crippen LogP contribution is -2.28. The molecule has 2 aromatic rings. The van der Waals surface area contributed by atoms with Crippen molar-refractivity contribution in [2.75, 3.05) is 5.73 Å². The molecule has 0 saturated carbocycles. The van der Waals surface area contributed by atoms with Gasteiger partial charge in [-0.15, -0.1) is 11.3 Å². The predicted molar refractivity (Wildman–Crippen MR) is 78.5 cm³/mol. The van der Waals surface area contributed by atoms with Crippen molar-refractivity contribution in [2.24, 2.45) is 0 Å². The molecule has 1 unspecified atom stereocenters. The third-order valence-electron chi connectivity index (χ3n) is 2.80. The molecule has 1 atom stereocenters. The molecule has 0 saturated heterocycles. The van der Waals surface area contributed by atoms with E-state index in [9.17, 15) is 8.42 Å². The molecule has 0 aliphatic carbocycles. The van der Waals surface area contributed by atoms with Crippen molar-refractivity contribution in [3.05, 3.63) is 46.7 Å². The van der Waals surface area contributed by atoms with Crippen LogP contribution >= 0.6 is 11.3 Å². The summed E-state index contributed by atoms with van der Waals surface area (Å²) in [7, 11) is -3.60. The Hall–Kier alpha value is -1.37. The third kappa shape index (κ3) is 3.15. The van der Waals surface area contributed by atoms with E-state index in [-0.39, 0.29) is 16.6 Å². The Morgan fingerprint density at radius 3 is 2.58 bits per heavy atom. The summed E-state index contributed by atoms with van der Waals surface area (Å²) in [5.41, 5.74) is 5.99. The highest BCUT2D eigenvalue weighted by Gasteiger charge is 2.22. The van der Waals surface area contributed by atoms with Crippen molar-refractivity contribution < 1.29 is 8.42 Å². The fourth-order valence-corrected chi connectivity index (χ4v) is 4.18. The van der Waals surface area contributed by atoms with Crippen LogP contribution in [-0.4, -0.2) is 8.42 Å². The number of hydrogen-bond acceptors (Lipinski definition) is 4. The van der Waals surface area contributed by atoms with Crippen LogP contribution in [0.4, 0.5) is 5.69 Å². The van der Waals surface area contributed by atoms with E-state index in [1.54, 1.807) is 18.2 Å². The molecule has 1 aromatic heterocycles. The predicted octanol–water partition coefficient (Wildman–Crippen LogP) is 2.76. The van der Waals surface area contributed by atoms with Gasteiger partial charge < -0.3 is 5.73 Å². The quantitative estimate of drug-likeness (QED) is 0.833. The van der Waals surface area contributed by atoms with Crippen molar-refractivity contribution in [3.8, 4) is 0 Å². The van der Waals surface area contributed by atoms with Crippen LogP contribution in [0.2, 0.25) is 0 Å². The van der Waals surface area contributed by atoms with E-state index in [1.165, 1.54) is 17.4 Å². The van der Waals surface area contributed by atoms with Gasteiger partial charge >= 0.3 is 0 Å². The molecule has 1 aromatic carbocycles. The van der Waals surface area contributed by atoms with Gasteiger partial charge in [0.2, 0.25) is 10.0 Å². The van der Waals surface area contributed by atoms with Gasteiger partial charge in [-0.3, -0.25) is 0 Å². The van der Waals surface area contributed by atoms with Gasteiger partial charge in [0.05, 0.1) is 11.7 Å². The number of nitrogen functional groups attached to an aromatic ring is 1. The van der Waals surface area contributed by atoms with Crippen LogP contribution in [0.1, 0.15) is 24.3 Å². The van der Waals surface area contributed by atoms with Crippen molar-refractivity contribution in [3.63, 3.8) is 0 Å². The Morgan fingerprint density at radius 1 is 1.26 bits per heavy atom. The van der Waals surface area contributed by atoms with Crippen LogP contribution in [0, 0.1) is 0 Å². The number of sulfonamides is 1.